The van der Waals surface area contributed by atoms with Crippen molar-refractivity contribution < 1.29 is 18.0 Å². The molecule has 2 aromatic carbocycles. The lowest BCUT2D eigenvalue weighted by atomic mass is 10.1. The van der Waals surface area contributed by atoms with Gasteiger partial charge in [-0.05, 0) is 55.0 Å². The van der Waals surface area contributed by atoms with Crippen LogP contribution < -0.4 is 11.1 Å². The molecule has 0 fully saturated rings. The lowest BCUT2D eigenvalue weighted by molar-refractivity contribution is -0.137. The number of benzene rings is 2. The van der Waals surface area contributed by atoms with Crippen LogP contribution in [0.1, 0.15) is 21.5 Å². The molecule has 0 heterocycles. The van der Waals surface area contributed by atoms with Gasteiger partial charge in [-0.1, -0.05) is 0 Å². The van der Waals surface area contributed by atoms with Gasteiger partial charge in [-0.3, -0.25) is 4.79 Å². The van der Waals surface area contributed by atoms with E-state index in [-0.39, 0.29) is 5.69 Å². The van der Waals surface area contributed by atoms with Gasteiger partial charge in [-0.15, -0.1) is 0 Å². The van der Waals surface area contributed by atoms with Gasteiger partial charge in [0.2, 0.25) is 0 Å². The van der Waals surface area contributed by atoms with Crippen LogP contribution in [0.5, 0.6) is 0 Å². The number of amides is 1. The normalized spacial score (nSPS) is 11.2. The van der Waals surface area contributed by atoms with Crippen molar-refractivity contribution >= 4 is 17.3 Å². The molecule has 6 heteroatoms. The number of hydrogen-bond donors (Lipinski definition) is 2. The van der Waals surface area contributed by atoms with Gasteiger partial charge in [-0.2, -0.15) is 13.2 Å². The van der Waals surface area contributed by atoms with E-state index in [0.717, 1.165) is 17.7 Å². The highest BCUT2D eigenvalue weighted by Gasteiger charge is 2.29. The van der Waals surface area contributed by atoms with Crippen LogP contribution in [0.2, 0.25) is 0 Å². The Morgan fingerprint density at radius 2 is 1.71 bits per heavy atom. The summed E-state index contributed by atoms with van der Waals surface area (Å²) in [4.78, 5) is 12.0. The highest BCUT2D eigenvalue weighted by atomic mass is 19.4. The first kappa shape index (κ1) is 14.9. The van der Waals surface area contributed by atoms with E-state index in [2.05, 4.69) is 5.32 Å². The summed E-state index contributed by atoms with van der Waals surface area (Å²) in [5, 5.41) is 2.53. The molecule has 110 valence electrons. The van der Waals surface area contributed by atoms with Crippen LogP contribution >= 0.6 is 0 Å². The quantitative estimate of drug-likeness (QED) is 0.827. The Balaban J connectivity index is 2.16. The van der Waals surface area contributed by atoms with Crippen molar-refractivity contribution in [1.82, 2.24) is 0 Å². The zero-order valence-corrected chi connectivity index (χ0v) is 11.2. The number of rotatable bonds is 2. The maximum absolute atomic E-state index is 12.4. The zero-order chi connectivity index (χ0) is 15.6. The number of hydrogen-bond acceptors (Lipinski definition) is 2. The van der Waals surface area contributed by atoms with Crippen molar-refractivity contribution in [3.05, 3.63) is 59.2 Å². The van der Waals surface area contributed by atoms with Gasteiger partial charge in [0.25, 0.3) is 5.91 Å². The van der Waals surface area contributed by atoms with Gasteiger partial charge in [-0.25, -0.2) is 0 Å². The molecular weight excluding hydrogens is 281 g/mol. The summed E-state index contributed by atoms with van der Waals surface area (Å²) >= 11 is 0. The lowest BCUT2D eigenvalue weighted by Crippen LogP contribution is -2.13. The SMILES string of the molecule is Cc1cc(N)cc(C(=O)Nc2ccc(C(F)(F)F)cc2)c1. The maximum Gasteiger partial charge on any atom is 0.416 e. The summed E-state index contributed by atoms with van der Waals surface area (Å²) < 4.78 is 37.3. The van der Waals surface area contributed by atoms with E-state index in [1.165, 1.54) is 18.2 Å². The molecule has 0 aliphatic rings. The average Bonchev–Trinajstić information content (AvgIpc) is 2.37. The molecule has 2 aromatic rings. The summed E-state index contributed by atoms with van der Waals surface area (Å²) in [5.41, 5.74) is 6.81. The van der Waals surface area contributed by atoms with Crippen molar-refractivity contribution in [3.8, 4) is 0 Å². The Morgan fingerprint density at radius 1 is 1.10 bits per heavy atom. The Labute approximate surface area is 119 Å². The third-order valence-corrected chi connectivity index (χ3v) is 2.83. The fraction of sp³-hybridized carbons (Fsp3) is 0.133. The number of nitrogen functional groups attached to an aromatic ring is 1. The van der Waals surface area contributed by atoms with E-state index in [4.69, 9.17) is 5.73 Å². The molecule has 0 aliphatic carbocycles. The van der Waals surface area contributed by atoms with Crippen LogP contribution in [0.4, 0.5) is 24.5 Å². The first-order chi connectivity index (χ1) is 9.75. The van der Waals surface area contributed by atoms with Gasteiger partial charge in [0.15, 0.2) is 0 Å². The second-order valence-corrected chi connectivity index (χ2v) is 4.66. The molecule has 0 saturated carbocycles. The highest BCUT2D eigenvalue weighted by Crippen LogP contribution is 2.29. The van der Waals surface area contributed by atoms with Crippen molar-refractivity contribution in [2.45, 2.75) is 13.1 Å². The van der Waals surface area contributed by atoms with Gasteiger partial charge in [0.05, 0.1) is 5.56 Å². The number of nitrogens with one attached hydrogen (secondary N) is 1. The summed E-state index contributed by atoms with van der Waals surface area (Å²) in [5.74, 6) is -0.426. The summed E-state index contributed by atoms with van der Waals surface area (Å²) in [6.45, 7) is 1.80. The number of alkyl halides is 3. The van der Waals surface area contributed by atoms with Gasteiger partial charge in [0, 0.05) is 16.9 Å². The monoisotopic (exact) mass is 294 g/mol. The molecule has 0 spiro atoms. The van der Waals surface area contributed by atoms with E-state index < -0.39 is 17.6 Å². The Morgan fingerprint density at radius 3 is 2.24 bits per heavy atom. The summed E-state index contributed by atoms with van der Waals surface area (Å²) in [7, 11) is 0. The van der Waals surface area contributed by atoms with Crippen molar-refractivity contribution in [1.29, 1.82) is 0 Å². The minimum absolute atomic E-state index is 0.285. The molecule has 1 amide bonds. The van der Waals surface area contributed by atoms with E-state index >= 15 is 0 Å². The predicted octanol–water partition coefficient (Wildman–Crippen LogP) is 3.85. The number of aryl methyl sites for hydroxylation is 1. The lowest BCUT2D eigenvalue weighted by Gasteiger charge is -2.09. The van der Waals surface area contributed by atoms with Crippen LogP contribution in [-0.2, 0) is 6.18 Å². The minimum Gasteiger partial charge on any atom is -0.399 e. The molecule has 3 nitrogen and oxygen atoms in total. The smallest absolute Gasteiger partial charge is 0.399 e. The number of carbonyl (C=O) groups is 1. The maximum atomic E-state index is 12.4. The molecule has 0 aromatic heterocycles. The van der Waals surface area contributed by atoms with Gasteiger partial charge < -0.3 is 11.1 Å². The van der Waals surface area contributed by atoms with Crippen LogP contribution in [0.3, 0.4) is 0 Å². The second kappa shape index (κ2) is 5.47. The molecule has 0 radical (unpaired) electrons. The molecule has 21 heavy (non-hydrogen) atoms. The molecule has 0 atom stereocenters. The fourth-order valence-electron chi connectivity index (χ4n) is 1.89. The number of nitrogens with two attached hydrogens (primary N) is 1. The molecule has 0 aliphatic heterocycles. The second-order valence-electron chi connectivity index (χ2n) is 4.66. The molecule has 0 bridgehead atoms. The van der Waals surface area contributed by atoms with Crippen molar-refractivity contribution in [2.24, 2.45) is 0 Å². The van der Waals surface area contributed by atoms with Crippen molar-refractivity contribution in [2.75, 3.05) is 11.1 Å². The van der Waals surface area contributed by atoms with Gasteiger partial charge >= 0.3 is 6.18 Å². The topological polar surface area (TPSA) is 55.1 Å². The molecule has 0 unspecified atom stereocenters. The standard InChI is InChI=1S/C15H13F3N2O/c1-9-6-10(8-12(19)7-9)14(21)20-13-4-2-11(3-5-13)15(16,17)18/h2-8H,19H2,1H3,(H,20,21). The third kappa shape index (κ3) is 3.75. The van der Waals surface area contributed by atoms with E-state index in [9.17, 15) is 18.0 Å². The highest BCUT2D eigenvalue weighted by molar-refractivity contribution is 6.04. The Hall–Kier alpha value is -2.50. The summed E-state index contributed by atoms with van der Waals surface area (Å²) in [6, 6.07) is 9.12. The molecule has 2 rings (SSSR count). The first-order valence-electron chi connectivity index (χ1n) is 6.11. The largest absolute Gasteiger partial charge is 0.416 e. The van der Waals surface area contributed by atoms with Crippen LogP contribution in [-0.4, -0.2) is 5.91 Å². The third-order valence-electron chi connectivity index (χ3n) is 2.83. The number of halogens is 3. The van der Waals surface area contributed by atoms with E-state index in [1.54, 1.807) is 19.1 Å². The Bertz CT molecular complexity index is 643. The summed E-state index contributed by atoms with van der Waals surface area (Å²) in [6.07, 6.45) is -4.40. The molecular formula is C15H13F3N2O. The van der Waals surface area contributed by atoms with E-state index in [1.807, 2.05) is 0 Å². The Kier molecular flexibility index (Phi) is 3.88. The van der Waals surface area contributed by atoms with Crippen molar-refractivity contribution in [3.63, 3.8) is 0 Å². The number of anilines is 2. The van der Waals surface area contributed by atoms with Crippen LogP contribution in [0.15, 0.2) is 42.5 Å². The fourth-order valence-corrected chi connectivity index (χ4v) is 1.89. The first-order valence-corrected chi connectivity index (χ1v) is 6.11. The minimum atomic E-state index is -4.40. The van der Waals surface area contributed by atoms with Gasteiger partial charge in [0.1, 0.15) is 0 Å². The molecule has 0 saturated heterocycles. The predicted molar refractivity (Wildman–Crippen MR) is 75.0 cm³/mol. The molecule has 3 N–H and O–H groups in total. The zero-order valence-electron chi connectivity index (χ0n) is 11.2. The average molecular weight is 294 g/mol. The number of carbonyl (C=O) groups excluding carboxylic acids is 1. The van der Waals surface area contributed by atoms with E-state index in [0.29, 0.717) is 11.3 Å². The van der Waals surface area contributed by atoms with Crippen LogP contribution in [0, 0.1) is 6.92 Å². The van der Waals surface area contributed by atoms with Crippen LogP contribution in [0.25, 0.3) is 0 Å².